The molecule has 0 atom stereocenters. The van der Waals surface area contributed by atoms with Crippen LogP contribution in [0.15, 0.2) is 42.6 Å². The van der Waals surface area contributed by atoms with Crippen LogP contribution in [0.4, 0.5) is 11.4 Å². The molecule has 1 amide bonds. The van der Waals surface area contributed by atoms with Crippen LogP contribution in [-0.2, 0) is 0 Å². The summed E-state index contributed by atoms with van der Waals surface area (Å²) < 4.78 is 0. The average molecular weight is 319 g/mol. The standard InChI is InChI=1S/C16H19ClN4O/c1-21(2)10-9-18-16(22)15-8-7-12(11-19-15)20-14-6-4-3-5-13(14)17/h3-8,11,20H,9-10H2,1-2H3,(H,18,22). The summed E-state index contributed by atoms with van der Waals surface area (Å²) in [6.07, 6.45) is 1.62. The molecule has 0 aliphatic rings. The predicted octanol–water partition coefficient (Wildman–Crippen LogP) is 2.77. The molecular weight excluding hydrogens is 300 g/mol. The summed E-state index contributed by atoms with van der Waals surface area (Å²) >= 11 is 6.09. The molecule has 1 heterocycles. The third-order valence-corrected chi connectivity index (χ3v) is 3.32. The topological polar surface area (TPSA) is 57.3 Å². The Bertz CT molecular complexity index is 628. The number of aromatic nitrogens is 1. The molecule has 2 aromatic rings. The van der Waals surface area contributed by atoms with Gasteiger partial charge in [-0.2, -0.15) is 0 Å². The lowest BCUT2D eigenvalue weighted by Gasteiger charge is -2.11. The maximum Gasteiger partial charge on any atom is 0.269 e. The quantitative estimate of drug-likeness (QED) is 0.860. The van der Waals surface area contributed by atoms with Crippen LogP contribution in [0.1, 0.15) is 10.5 Å². The molecule has 2 N–H and O–H groups in total. The van der Waals surface area contributed by atoms with Gasteiger partial charge < -0.3 is 15.5 Å². The molecule has 1 aromatic heterocycles. The van der Waals surface area contributed by atoms with Crippen molar-refractivity contribution >= 4 is 28.9 Å². The number of pyridine rings is 1. The van der Waals surface area contributed by atoms with Crippen molar-refractivity contribution in [1.29, 1.82) is 0 Å². The Balaban J connectivity index is 1.95. The van der Waals surface area contributed by atoms with E-state index in [1.54, 1.807) is 18.3 Å². The molecule has 0 aliphatic heterocycles. The van der Waals surface area contributed by atoms with Gasteiger partial charge in [0.1, 0.15) is 5.69 Å². The summed E-state index contributed by atoms with van der Waals surface area (Å²) in [4.78, 5) is 18.1. The Labute approximate surface area is 135 Å². The molecule has 5 nitrogen and oxygen atoms in total. The number of carbonyl (C=O) groups excluding carboxylic acids is 1. The van der Waals surface area contributed by atoms with Gasteiger partial charge in [0.25, 0.3) is 5.91 Å². The molecule has 0 fully saturated rings. The highest BCUT2D eigenvalue weighted by Gasteiger charge is 2.07. The first kappa shape index (κ1) is 16.3. The lowest BCUT2D eigenvalue weighted by atomic mass is 10.3. The van der Waals surface area contributed by atoms with Crippen LogP contribution in [0.3, 0.4) is 0 Å². The smallest absolute Gasteiger partial charge is 0.269 e. The maximum absolute atomic E-state index is 11.9. The van der Waals surface area contributed by atoms with E-state index in [9.17, 15) is 4.79 Å². The van der Waals surface area contributed by atoms with Gasteiger partial charge in [-0.3, -0.25) is 4.79 Å². The van der Waals surface area contributed by atoms with Crippen molar-refractivity contribution in [3.05, 3.63) is 53.3 Å². The largest absolute Gasteiger partial charge is 0.353 e. The second kappa shape index (κ2) is 7.77. The number of rotatable bonds is 6. The molecule has 2 rings (SSSR count). The summed E-state index contributed by atoms with van der Waals surface area (Å²) in [5.41, 5.74) is 1.97. The van der Waals surface area contributed by atoms with Crippen molar-refractivity contribution in [2.75, 3.05) is 32.5 Å². The third-order valence-electron chi connectivity index (χ3n) is 2.99. The lowest BCUT2D eigenvalue weighted by Crippen LogP contribution is -2.31. The normalized spacial score (nSPS) is 10.5. The number of para-hydroxylation sites is 1. The van der Waals surface area contributed by atoms with E-state index in [0.717, 1.165) is 17.9 Å². The van der Waals surface area contributed by atoms with Gasteiger partial charge in [-0.1, -0.05) is 23.7 Å². The molecule has 0 spiro atoms. The zero-order valence-corrected chi connectivity index (χ0v) is 13.4. The number of hydrogen-bond donors (Lipinski definition) is 2. The van der Waals surface area contributed by atoms with E-state index in [2.05, 4.69) is 15.6 Å². The SMILES string of the molecule is CN(C)CCNC(=O)c1ccc(Nc2ccccc2Cl)cn1. The Hall–Kier alpha value is -2.11. The Morgan fingerprint density at radius 3 is 2.64 bits per heavy atom. The number of benzene rings is 1. The van der Waals surface area contributed by atoms with Crippen LogP contribution in [0.25, 0.3) is 0 Å². The van der Waals surface area contributed by atoms with Gasteiger partial charge in [0.15, 0.2) is 0 Å². The summed E-state index contributed by atoms with van der Waals surface area (Å²) in [6, 6.07) is 10.9. The van der Waals surface area contributed by atoms with Crippen molar-refractivity contribution in [2.24, 2.45) is 0 Å². The highest BCUT2D eigenvalue weighted by atomic mass is 35.5. The molecule has 22 heavy (non-hydrogen) atoms. The van der Waals surface area contributed by atoms with Gasteiger partial charge in [0.05, 0.1) is 22.6 Å². The minimum atomic E-state index is -0.175. The highest BCUT2D eigenvalue weighted by molar-refractivity contribution is 6.33. The number of nitrogens with zero attached hydrogens (tertiary/aromatic N) is 2. The molecule has 0 bridgehead atoms. The van der Waals surface area contributed by atoms with Gasteiger partial charge in [-0.25, -0.2) is 4.98 Å². The minimum absolute atomic E-state index is 0.175. The number of carbonyl (C=O) groups is 1. The monoisotopic (exact) mass is 318 g/mol. The summed E-state index contributed by atoms with van der Waals surface area (Å²) in [6.45, 7) is 1.38. The zero-order chi connectivity index (χ0) is 15.9. The van der Waals surface area contributed by atoms with Crippen LogP contribution in [-0.4, -0.2) is 43.0 Å². The van der Waals surface area contributed by atoms with E-state index in [-0.39, 0.29) is 5.91 Å². The van der Waals surface area contributed by atoms with Gasteiger partial charge in [0, 0.05) is 13.1 Å². The van der Waals surface area contributed by atoms with E-state index in [4.69, 9.17) is 11.6 Å². The van der Waals surface area contributed by atoms with Crippen LogP contribution in [0, 0.1) is 0 Å². The van der Waals surface area contributed by atoms with E-state index in [1.165, 1.54) is 0 Å². The van der Waals surface area contributed by atoms with Crippen molar-refractivity contribution in [2.45, 2.75) is 0 Å². The van der Waals surface area contributed by atoms with Crippen LogP contribution in [0.2, 0.25) is 5.02 Å². The Morgan fingerprint density at radius 1 is 1.23 bits per heavy atom. The first-order valence-electron chi connectivity index (χ1n) is 6.97. The molecule has 0 saturated carbocycles. The number of anilines is 2. The molecule has 116 valence electrons. The van der Waals surface area contributed by atoms with Crippen molar-refractivity contribution in [3.8, 4) is 0 Å². The van der Waals surface area contributed by atoms with Gasteiger partial charge in [-0.15, -0.1) is 0 Å². The average Bonchev–Trinajstić information content (AvgIpc) is 2.50. The summed E-state index contributed by atoms with van der Waals surface area (Å²) in [5.74, 6) is -0.175. The summed E-state index contributed by atoms with van der Waals surface area (Å²) in [7, 11) is 3.92. The number of likely N-dealkylation sites (N-methyl/N-ethyl adjacent to an activating group) is 1. The lowest BCUT2D eigenvalue weighted by molar-refractivity contribution is 0.0946. The second-order valence-corrected chi connectivity index (χ2v) is 5.50. The molecular formula is C16H19ClN4O. The number of halogens is 1. The number of hydrogen-bond acceptors (Lipinski definition) is 4. The van der Waals surface area contributed by atoms with Crippen LogP contribution >= 0.6 is 11.6 Å². The maximum atomic E-state index is 11.9. The first-order chi connectivity index (χ1) is 10.6. The minimum Gasteiger partial charge on any atom is -0.353 e. The van der Waals surface area contributed by atoms with Gasteiger partial charge >= 0.3 is 0 Å². The van der Waals surface area contributed by atoms with Crippen molar-refractivity contribution in [3.63, 3.8) is 0 Å². The molecule has 0 saturated heterocycles. The first-order valence-corrected chi connectivity index (χ1v) is 7.34. The molecule has 1 aromatic carbocycles. The number of amides is 1. The van der Waals surface area contributed by atoms with Crippen LogP contribution < -0.4 is 10.6 Å². The molecule has 0 unspecified atom stereocenters. The van der Waals surface area contributed by atoms with E-state index < -0.39 is 0 Å². The van der Waals surface area contributed by atoms with E-state index >= 15 is 0 Å². The van der Waals surface area contributed by atoms with Crippen LogP contribution in [0.5, 0.6) is 0 Å². The Kier molecular flexibility index (Phi) is 5.75. The third kappa shape index (κ3) is 4.72. The highest BCUT2D eigenvalue weighted by Crippen LogP contribution is 2.24. The van der Waals surface area contributed by atoms with Gasteiger partial charge in [-0.05, 0) is 38.4 Å². The second-order valence-electron chi connectivity index (χ2n) is 5.10. The fourth-order valence-electron chi connectivity index (χ4n) is 1.80. The molecule has 0 aliphatic carbocycles. The number of nitrogens with one attached hydrogen (secondary N) is 2. The Morgan fingerprint density at radius 2 is 2.00 bits per heavy atom. The van der Waals surface area contributed by atoms with Gasteiger partial charge in [0.2, 0.25) is 0 Å². The molecule has 6 heteroatoms. The fraction of sp³-hybridized carbons (Fsp3) is 0.250. The van der Waals surface area contributed by atoms with E-state index in [0.29, 0.717) is 17.3 Å². The fourth-order valence-corrected chi connectivity index (χ4v) is 1.99. The molecule has 0 radical (unpaired) electrons. The zero-order valence-electron chi connectivity index (χ0n) is 12.6. The van der Waals surface area contributed by atoms with E-state index in [1.807, 2.05) is 43.3 Å². The van der Waals surface area contributed by atoms with Crippen molar-refractivity contribution < 1.29 is 4.79 Å². The summed E-state index contributed by atoms with van der Waals surface area (Å²) in [5, 5.41) is 6.62. The van der Waals surface area contributed by atoms with Crippen molar-refractivity contribution in [1.82, 2.24) is 15.2 Å². The predicted molar refractivity (Wildman–Crippen MR) is 89.9 cm³/mol.